The first-order chi connectivity index (χ1) is 7.60. The molecule has 84 valence electrons. The molecule has 0 aromatic heterocycles. The summed E-state index contributed by atoms with van der Waals surface area (Å²) in [6, 6.07) is 9.39. The summed E-state index contributed by atoms with van der Waals surface area (Å²) in [5.74, 6) is 0.512. The summed E-state index contributed by atoms with van der Waals surface area (Å²) in [7, 11) is 0. The van der Waals surface area contributed by atoms with E-state index in [1.165, 1.54) is 0 Å². The van der Waals surface area contributed by atoms with Gasteiger partial charge in [-0.3, -0.25) is 4.79 Å². The Morgan fingerprint density at radius 2 is 1.88 bits per heavy atom. The van der Waals surface area contributed by atoms with Gasteiger partial charge in [0, 0.05) is 12.3 Å². The lowest BCUT2D eigenvalue weighted by molar-refractivity contribution is -0.121. The zero-order valence-corrected chi connectivity index (χ0v) is 10.0. The van der Waals surface area contributed by atoms with E-state index in [0.717, 1.165) is 5.56 Å². The minimum Gasteiger partial charge on any atom is -0.299 e. The maximum absolute atomic E-state index is 11.8. The third kappa shape index (κ3) is 2.70. The monoisotopic (exact) mass is 215 g/mol. The summed E-state index contributed by atoms with van der Waals surface area (Å²) < 4.78 is 0. The molecule has 1 atom stereocenters. The van der Waals surface area contributed by atoms with Gasteiger partial charge in [-0.25, -0.2) is 0 Å². The maximum Gasteiger partial charge on any atom is 0.140 e. The van der Waals surface area contributed by atoms with Gasteiger partial charge in [-0.2, -0.15) is 5.26 Å². The minimum absolute atomic E-state index is 0.0438. The number of carbonyl (C=O) groups excluding carboxylic acids is 1. The molecule has 0 amide bonds. The van der Waals surface area contributed by atoms with Gasteiger partial charge in [-0.1, -0.05) is 32.9 Å². The predicted molar refractivity (Wildman–Crippen MR) is 64.0 cm³/mol. The molecule has 1 aromatic rings. The molecule has 0 bridgehead atoms. The van der Waals surface area contributed by atoms with Crippen LogP contribution in [0.3, 0.4) is 0 Å². The van der Waals surface area contributed by atoms with Crippen molar-refractivity contribution in [2.45, 2.75) is 33.1 Å². The summed E-state index contributed by atoms with van der Waals surface area (Å²) in [6.07, 6.45) is 0.558. The van der Waals surface area contributed by atoms with Gasteiger partial charge in [0.15, 0.2) is 0 Å². The Morgan fingerprint density at radius 1 is 1.31 bits per heavy atom. The van der Waals surface area contributed by atoms with E-state index >= 15 is 0 Å². The van der Waals surface area contributed by atoms with Crippen LogP contribution in [0.5, 0.6) is 0 Å². The largest absolute Gasteiger partial charge is 0.299 e. The van der Waals surface area contributed by atoms with Crippen molar-refractivity contribution in [3.05, 3.63) is 35.4 Å². The number of nitriles is 1. The van der Waals surface area contributed by atoms with E-state index < -0.39 is 0 Å². The number of carbonyl (C=O) groups is 1. The van der Waals surface area contributed by atoms with E-state index in [1.807, 2.05) is 19.1 Å². The van der Waals surface area contributed by atoms with Crippen LogP contribution in [0, 0.1) is 17.2 Å². The van der Waals surface area contributed by atoms with Crippen molar-refractivity contribution in [2.24, 2.45) is 5.92 Å². The van der Waals surface area contributed by atoms with Crippen LogP contribution < -0.4 is 0 Å². The summed E-state index contributed by atoms with van der Waals surface area (Å²) in [5.41, 5.74) is 1.65. The summed E-state index contributed by atoms with van der Waals surface area (Å²) >= 11 is 0. The molecule has 0 fully saturated rings. The first-order valence-electron chi connectivity index (χ1n) is 5.63. The van der Waals surface area contributed by atoms with Crippen LogP contribution in [0.4, 0.5) is 0 Å². The van der Waals surface area contributed by atoms with Crippen molar-refractivity contribution >= 4 is 5.78 Å². The number of ketones is 1. The van der Waals surface area contributed by atoms with E-state index in [1.54, 1.807) is 12.1 Å². The Bertz CT molecular complexity index is 398. The Labute approximate surface area is 96.9 Å². The predicted octanol–water partition coefficient (Wildman–Crippen LogP) is 3.28. The van der Waals surface area contributed by atoms with Crippen molar-refractivity contribution in [3.63, 3.8) is 0 Å². The van der Waals surface area contributed by atoms with E-state index in [4.69, 9.17) is 5.26 Å². The normalized spacial score (nSPS) is 12.2. The molecule has 1 rings (SSSR count). The van der Waals surface area contributed by atoms with Crippen LogP contribution in [0.15, 0.2) is 24.3 Å². The van der Waals surface area contributed by atoms with E-state index in [0.29, 0.717) is 17.9 Å². The quantitative estimate of drug-likeness (QED) is 0.773. The fraction of sp³-hybridized carbons (Fsp3) is 0.429. The molecule has 16 heavy (non-hydrogen) atoms. The lowest BCUT2D eigenvalue weighted by Crippen LogP contribution is -2.17. The lowest BCUT2D eigenvalue weighted by atomic mass is 9.84. The standard InChI is InChI=1S/C14H17NO/c1-4-13(16)14(10(2)3)12-7-5-11(9-15)6-8-12/h5-8,10,14H,4H2,1-3H3. The van der Waals surface area contributed by atoms with E-state index in [-0.39, 0.29) is 11.7 Å². The molecule has 0 spiro atoms. The zero-order chi connectivity index (χ0) is 12.1. The third-order valence-corrected chi connectivity index (χ3v) is 2.76. The zero-order valence-electron chi connectivity index (χ0n) is 10.0. The molecule has 0 N–H and O–H groups in total. The second-order valence-corrected chi connectivity index (χ2v) is 4.28. The molecule has 0 saturated heterocycles. The molecule has 0 aliphatic heterocycles. The number of nitrogens with zero attached hydrogens (tertiary/aromatic N) is 1. The number of rotatable bonds is 4. The lowest BCUT2D eigenvalue weighted by Gasteiger charge is -2.19. The van der Waals surface area contributed by atoms with Gasteiger partial charge in [0.1, 0.15) is 5.78 Å². The second kappa shape index (κ2) is 5.46. The van der Waals surface area contributed by atoms with Crippen molar-refractivity contribution < 1.29 is 4.79 Å². The van der Waals surface area contributed by atoms with Crippen LogP contribution in [0.25, 0.3) is 0 Å². The van der Waals surface area contributed by atoms with Gasteiger partial charge in [0.05, 0.1) is 11.6 Å². The molecular weight excluding hydrogens is 198 g/mol. The van der Waals surface area contributed by atoms with Gasteiger partial charge in [0.25, 0.3) is 0 Å². The molecule has 2 heteroatoms. The first-order valence-corrected chi connectivity index (χ1v) is 5.63. The fourth-order valence-corrected chi connectivity index (χ4v) is 1.93. The molecule has 1 aromatic carbocycles. The molecule has 0 aliphatic carbocycles. The van der Waals surface area contributed by atoms with Crippen LogP contribution in [-0.4, -0.2) is 5.78 Å². The number of hydrogen-bond acceptors (Lipinski definition) is 2. The van der Waals surface area contributed by atoms with Crippen molar-refractivity contribution in [1.82, 2.24) is 0 Å². The highest BCUT2D eigenvalue weighted by Gasteiger charge is 2.22. The summed E-state index contributed by atoms with van der Waals surface area (Å²) in [5, 5.41) is 8.71. The molecule has 0 heterocycles. The van der Waals surface area contributed by atoms with Gasteiger partial charge in [0.2, 0.25) is 0 Å². The highest BCUT2D eigenvalue weighted by molar-refractivity contribution is 5.85. The molecule has 0 radical (unpaired) electrons. The van der Waals surface area contributed by atoms with Crippen LogP contribution in [-0.2, 0) is 4.79 Å². The minimum atomic E-state index is -0.0438. The van der Waals surface area contributed by atoms with E-state index in [9.17, 15) is 4.79 Å². The second-order valence-electron chi connectivity index (χ2n) is 4.28. The Morgan fingerprint density at radius 3 is 2.25 bits per heavy atom. The van der Waals surface area contributed by atoms with Crippen molar-refractivity contribution in [1.29, 1.82) is 5.26 Å². The van der Waals surface area contributed by atoms with Gasteiger partial charge in [-0.15, -0.1) is 0 Å². The van der Waals surface area contributed by atoms with E-state index in [2.05, 4.69) is 19.9 Å². The van der Waals surface area contributed by atoms with Crippen LogP contribution in [0.1, 0.15) is 44.2 Å². The SMILES string of the molecule is CCC(=O)C(c1ccc(C#N)cc1)C(C)C. The van der Waals surface area contributed by atoms with Gasteiger partial charge in [-0.05, 0) is 23.6 Å². The summed E-state index contributed by atoms with van der Waals surface area (Å²) in [4.78, 5) is 11.8. The highest BCUT2D eigenvalue weighted by Crippen LogP contribution is 2.26. The average molecular weight is 215 g/mol. The fourth-order valence-electron chi connectivity index (χ4n) is 1.93. The van der Waals surface area contributed by atoms with Crippen molar-refractivity contribution in [3.8, 4) is 6.07 Å². The maximum atomic E-state index is 11.8. The third-order valence-electron chi connectivity index (χ3n) is 2.76. The Kier molecular flexibility index (Phi) is 4.25. The molecule has 0 aliphatic rings. The molecular formula is C14H17NO. The van der Waals surface area contributed by atoms with Crippen molar-refractivity contribution in [2.75, 3.05) is 0 Å². The van der Waals surface area contributed by atoms with Gasteiger partial charge >= 0.3 is 0 Å². The Hall–Kier alpha value is -1.62. The number of hydrogen-bond donors (Lipinski definition) is 0. The number of benzene rings is 1. The average Bonchev–Trinajstić information content (AvgIpc) is 2.29. The topological polar surface area (TPSA) is 40.9 Å². The molecule has 2 nitrogen and oxygen atoms in total. The van der Waals surface area contributed by atoms with Crippen LogP contribution in [0.2, 0.25) is 0 Å². The number of Topliss-reactive ketones (excluding diaryl/α,β-unsaturated/α-hetero) is 1. The highest BCUT2D eigenvalue weighted by atomic mass is 16.1. The Balaban J connectivity index is 3.03. The first kappa shape index (κ1) is 12.4. The summed E-state index contributed by atoms with van der Waals surface area (Å²) in [6.45, 7) is 5.99. The molecule has 0 saturated carbocycles. The smallest absolute Gasteiger partial charge is 0.140 e. The van der Waals surface area contributed by atoms with Gasteiger partial charge < -0.3 is 0 Å². The van der Waals surface area contributed by atoms with Crippen LogP contribution >= 0.6 is 0 Å². The molecule has 1 unspecified atom stereocenters.